The molecule has 21 heavy (non-hydrogen) atoms. The van der Waals surface area contributed by atoms with E-state index < -0.39 is 5.56 Å². The van der Waals surface area contributed by atoms with Crippen LogP contribution in [0, 0.1) is 0 Å². The molecule has 0 saturated carbocycles. The molecule has 5 nitrogen and oxygen atoms in total. The van der Waals surface area contributed by atoms with Crippen LogP contribution < -0.4 is 5.56 Å². The first-order valence-corrected chi connectivity index (χ1v) is 7.09. The summed E-state index contributed by atoms with van der Waals surface area (Å²) in [6, 6.07) is 2.86. The summed E-state index contributed by atoms with van der Waals surface area (Å²) in [4.78, 5) is 12.5. The van der Waals surface area contributed by atoms with Gasteiger partial charge in [-0.2, -0.15) is 0 Å². The van der Waals surface area contributed by atoms with Gasteiger partial charge in [-0.25, -0.2) is 0 Å². The Kier molecular flexibility index (Phi) is 3.29. The Morgan fingerprint density at radius 2 is 2.10 bits per heavy atom. The monoisotopic (exact) mass is 307 g/mol. The minimum Gasteiger partial charge on any atom is -0.507 e. The van der Waals surface area contributed by atoms with Crippen LogP contribution in [0.25, 0.3) is 16.7 Å². The number of fused-ring (bicyclic) bond motifs is 2. The number of nitrogens with zero attached hydrogens (tertiary/aromatic N) is 1. The van der Waals surface area contributed by atoms with E-state index in [-0.39, 0.29) is 28.2 Å². The zero-order valence-electron chi connectivity index (χ0n) is 11.4. The SMILES string of the molecule is CCCCc1c(O)cc2oc3cc(Cl)cn3c(=O)c2c1O. The second-order valence-corrected chi connectivity index (χ2v) is 5.41. The Morgan fingerprint density at radius 3 is 2.81 bits per heavy atom. The number of phenolic OH excluding ortho intramolecular Hbond substituents is 2. The van der Waals surface area contributed by atoms with Gasteiger partial charge in [0.05, 0.1) is 5.02 Å². The summed E-state index contributed by atoms with van der Waals surface area (Å²) in [5.74, 6) is -0.294. The van der Waals surface area contributed by atoms with E-state index in [1.807, 2.05) is 6.92 Å². The highest BCUT2D eigenvalue weighted by Crippen LogP contribution is 2.35. The molecule has 3 rings (SSSR count). The largest absolute Gasteiger partial charge is 0.507 e. The summed E-state index contributed by atoms with van der Waals surface area (Å²) < 4.78 is 6.77. The second kappa shape index (κ2) is 5.00. The molecule has 0 bridgehead atoms. The van der Waals surface area contributed by atoms with Crippen molar-refractivity contribution in [2.24, 2.45) is 0 Å². The predicted molar refractivity (Wildman–Crippen MR) is 80.4 cm³/mol. The van der Waals surface area contributed by atoms with Gasteiger partial charge in [-0.3, -0.25) is 9.20 Å². The number of hydrogen-bond acceptors (Lipinski definition) is 4. The van der Waals surface area contributed by atoms with Gasteiger partial charge in [0.1, 0.15) is 22.5 Å². The Bertz CT molecular complexity index is 894. The molecule has 0 spiro atoms. The quantitative estimate of drug-likeness (QED) is 0.777. The van der Waals surface area contributed by atoms with Crippen molar-refractivity contribution in [3.8, 4) is 11.5 Å². The Morgan fingerprint density at radius 1 is 1.33 bits per heavy atom. The van der Waals surface area contributed by atoms with E-state index in [1.165, 1.54) is 22.7 Å². The lowest BCUT2D eigenvalue weighted by atomic mass is 10.0. The molecular formula is C15H14ClNO4. The van der Waals surface area contributed by atoms with Crippen molar-refractivity contribution in [1.82, 2.24) is 4.40 Å². The molecule has 0 unspecified atom stereocenters. The van der Waals surface area contributed by atoms with Crippen LogP contribution in [0.2, 0.25) is 5.02 Å². The molecule has 0 amide bonds. The van der Waals surface area contributed by atoms with Crippen molar-refractivity contribution in [1.29, 1.82) is 0 Å². The fourth-order valence-electron chi connectivity index (χ4n) is 2.44. The number of unbranched alkanes of at least 4 members (excludes halogenated alkanes) is 1. The van der Waals surface area contributed by atoms with Crippen LogP contribution in [0.5, 0.6) is 11.5 Å². The van der Waals surface area contributed by atoms with Crippen LogP contribution in [0.1, 0.15) is 25.3 Å². The predicted octanol–water partition coefficient (Wildman–Crippen LogP) is 3.45. The van der Waals surface area contributed by atoms with Crippen molar-refractivity contribution in [2.75, 3.05) is 0 Å². The Hall–Kier alpha value is -2.14. The summed E-state index contributed by atoms with van der Waals surface area (Å²) >= 11 is 5.86. The van der Waals surface area contributed by atoms with E-state index in [9.17, 15) is 15.0 Å². The molecule has 2 heterocycles. The van der Waals surface area contributed by atoms with Crippen LogP contribution >= 0.6 is 11.6 Å². The number of aromatic hydroxyl groups is 2. The lowest BCUT2D eigenvalue weighted by Gasteiger charge is -2.09. The smallest absolute Gasteiger partial charge is 0.272 e. The zero-order chi connectivity index (χ0) is 15.1. The molecule has 110 valence electrons. The third kappa shape index (κ3) is 2.14. The van der Waals surface area contributed by atoms with Crippen molar-refractivity contribution in [3.63, 3.8) is 0 Å². The third-order valence-corrected chi connectivity index (χ3v) is 3.73. The first-order chi connectivity index (χ1) is 10.0. The number of hydrogen-bond donors (Lipinski definition) is 2. The number of rotatable bonds is 3. The second-order valence-electron chi connectivity index (χ2n) is 4.97. The molecule has 0 fully saturated rings. The summed E-state index contributed by atoms with van der Waals surface area (Å²) in [5, 5.41) is 20.8. The van der Waals surface area contributed by atoms with E-state index in [4.69, 9.17) is 16.0 Å². The number of benzene rings is 1. The van der Waals surface area contributed by atoms with Crippen LogP contribution in [0.4, 0.5) is 0 Å². The summed E-state index contributed by atoms with van der Waals surface area (Å²) in [7, 11) is 0. The van der Waals surface area contributed by atoms with Crippen LogP contribution in [-0.4, -0.2) is 14.6 Å². The lowest BCUT2D eigenvalue weighted by molar-refractivity contribution is 0.438. The average Bonchev–Trinajstić information content (AvgIpc) is 2.79. The first-order valence-electron chi connectivity index (χ1n) is 6.71. The number of aromatic nitrogens is 1. The minimum absolute atomic E-state index is 0.0543. The minimum atomic E-state index is -0.423. The summed E-state index contributed by atoms with van der Waals surface area (Å²) in [6.07, 6.45) is 3.64. The van der Waals surface area contributed by atoms with E-state index in [0.29, 0.717) is 17.0 Å². The molecular weight excluding hydrogens is 294 g/mol. The van der Waals surface area contributed by atoms with Crippen LogP contribution in [0.3, 0.4) is 0 Å². The number of phenols is 2. The molecule has 0 aliphatic rings. The molecule has 1 aromatic carbocycles. The highest BCUT2D eigenvalue weighted by Gasteiger charge is 2.18. The fourth-order valence-corrected chi connectivity index (χ4v) is 2.63. The molecule has 0 aliphatic heterocycles. The maximum absolute atomic E-state index is 12.5. The molecule has 0 aliphatic carbocycles. The lowest BCUT2D eigenvalue weighted by Crippen LogP contribution is -2.12. The molecule has 0 atom stereocenters. The van der Waals surface area contributed by atoms with Crippen molar-refractivity contribution >= 4 is 28.3 Å². The van der Waals surface area contributed by atoms with Crippen LogP contribution in [0.15, 0.2) is 27.5 Å². The molecule has 0 radical (unpaired) electrons. The van der Waals surface area contributed by atoms with Gasteiger partial charge in [0.15, 0.2) is 0 Å². The molecule has 0 saturated heterocycles. The van der Waals surface area contributed by atoms with E-state index in [0.717, 1.165) is 12.8 Å². The topological polar surface area (TPSA) is 75.1 Å². The van der Waals surface area contributed by atoms with E-state index >= 15 is 0 Å². The zero-order valence-corrected chi connectivity index (χ0v) is 12.1. The van der Waals surface area contributed by atoms with Gasteiger partial charge in [-0.1, -0.05) is 24.9 Å². The van der Waals surface area contributed by atoms with Crippen molar-refractivity contribution in [3.05, 3.63) is 39.3 Å². The summed E-state index contributed by atoms with van der Waals surface area (Å²) in [5.41, 5.74) is 0.345. The Labute approximate surface area is 125 Å². The molecule has 3 aromatic rings. The third-order valence-electron chi connectivity index (χ3n) is 3.52. The van der Waals surface area contributed by atoms with Gasteiger partial charge in [0, 0.05) is 23.9 Å². The van der Waals surface area contributed by atoms with Crippen molar-refractivity contribution < 1.29 is 14.6 Å². The fraction of sp³-hybridized carbons (Fsp3) is 0.267. The van der Waals surface area contributed by atoms with Crippen LogP contribution in [-0.2, 0) is 6.42 Å². The molecule has 2 aromatic heterocycles. The number of halogens is 1. The Balaban J connectivity index is 2.38. The molecule has 6 heteroatoms. The van der Waals surface area contributed by atoms with Gasteiger partial charge in [0.2, 0.25) is 5.71 Å². The van der Waals surface area contributed by atoms with E-state index in [2.05, 4.69) is 0 Å². The highest BCUT2D eigenvalue weighted by molar-refractivity contribution is 6.30. The standard InChI is InChI=1S/C15H14ClNO4/c1-2-3-4-9-10(18)6-11-13(14(9)19)15(20)17-7-8(16)5-12(17)21-11/h5-7,18-19H,2-4H2,1H3. The van der Waals surface area contributed by atoms with Gasteiger partial charge in [-0.15, -0.1) is 0 Å². The van der Waals surface area contributed by atoms with Gasteiger partial charge in [0.25, 0.3) is 5.56 Å². The van der Waals surface area contributed by atoms with Gasteiger partial charge in [-0.05, 0) is 12.8 Å². The van der Waals surface area contributed by atoms with Gasteiger partial charge < -0.3 is 14.6 Å². The average molecular weight is 308 g/mol. The maximum Gasteiger partial charge on any atom is 0.272 e. The molecule has 2 N–H and O–H groups in total. The first kappa shape index (κ1) is 13.8. The highest BCUT2D eigenvalue weighted by atomic mass is 35.5. The van der Waals surface area contributed by atoms with Gasteiger partial charge >= 0.3 is 0 Å². The normalized spacial score (nSPS) is 11.5. The summed E-state index contributed by atoms with van der Waals surface area (Å²) in [6.45, 7) is 2.01. The maximum atomic E-state index is 12.5. The van der Waals surface area contributed by atoms with Crippen molar-refractivity contribution in [2.45, 2.75) is 26.2 Å². The van der Waals surface area contributed by atoms with E-state index in [1.54, 1.807) is 0 Å².